The van der Waals surface area contributed by atoms with Crippen molar-refractivity contribution in [2.24, 2.45) is 0 Å². The van der Waals surface area contributed by atoms with Crippen LogP contribution in [0, 0.1) is 11.6 Å². The van der Waals surface area contributed by atoms with Crippen LogP contribution >= 0.6 is 0 Å². The van der Waals surface area contributed by atoms with Crippen LogP contribution in [0.4, 0.5) is 14.5 Å². The zero-order chi connectivity index (χ0) is 23.5. The van der Waals surface area contributed by atoms with Crippen LogP contribution in [0.1, 0.15) is 30.5 Å². The topological polar surface area (TPSA) is 79.7 Å². The number of halogens is 2. The second kappa shape index (κ2) is 9.20. The molecule has 4 rings (SSSR count). The smallest absolute Gasteiger partial charge is 0.300 e. The van der Waals surface area contributed by atoms with Crippen molar-refractivity contribution >= 4 is 23.1 Å². The third-order valence-electron chi connectivity index (χ3n) is 5.23. The molecule has 8 heteroatoms. The van der Waals surface area contributed by atoms with Crippen molar-refractivity contribution < 1.29 is 28.2 Å². The predicted molar refractivity (Wildman–Crippen MR) is 118 cm³/mol. The van der Waals surface area contributed by atoms with E-state index in [1.807, 2.05) is 6.92 Å². The number of amides is 1. The molecule has 168 valence electrons. The summed E-state index contributed by atoms with van der Waals surface area (Å²) in [6, 6.07) is 11.5. The first-order valence-electron chi connectivity index (χ1n) is 10.3. The first-order valence-corrected chi connectivity index (χ1v) is 10.3. The highest BCUT2D eigenvalue weighted by atomic mass is 19.2. The van der Waals surface area contributed by atoms with E-state index in [4.69, 9.17) is 4.74 Å². The van der Waals surface area contributed by atoms with Crippen molar-refractivity contribution in [2.75, 3.05) is 11.5 Å². The first-order chi connectivity index (χ1) is 15.9. The highest BCUT2D eigenvalue weighted by Gasteiger charge is 2.47. The predicted octanol–water partition coefficient (Wildman–Crippen LogP) is 4.77. The molecule has 1 aliphatic heterocycles. The molecule has 1 fully saturated rings. The summed E-state index contributed by atoms with van der Waals surface area (Å²) in [7, 11) is 0. The lowest BCUT2D eigenvalue weighted by Crippen LogP contribution is -2.29. The van der Waals surface area contributed by atoms with Gasteiger partial charge in [-0.1, -0.05) is 13.0 Å². The fraction of sp³-hybridized carbons (Fsp3) is 0.160. The van der Waals surface area contributed by atoms with E-state index in [1.54, 1.807) is 36.4 Å². The lowest BCUT2D eigenvalue weighted by Gasteiger charge is -2.25. The van der Waals surface area contributed by atoms with E-state index in [0.29, 0.717) is 23.5 Å². The summed E-state index contributed by atoms with van der Waals surface area (Å²) in [5.74, 6) is -3.97. The number of pyridine rings is 1. The Balaban J connectivity index is 1.84. The van der Waals surface area contributed by atoms with E-state index in [0.717, 1.165) is 23.5 Å². The minimum atomic E-state index is -1.16. The molecule has 1 amide bonds. The van der Waals surface area contributed by atoms with Gasteiger partial charge in [0, 0.05) is 29.7 Å². The lowest BCUT2D eigenvalue weighted by molar-refractivity contribution is -0.132. The Morgan fingerprint density at radius 3 is 2.48 bits per heavy atom. The summed E-state index contributed by atoms with van der Waals surface area (Å²) >= 11 is 0. The van der Waals surface area contributed by atoms with Crippen molar-refractivity contribution in [1.29, 1.82) is 0 Å². The van der Waals surface area contributed by atoms with Crippen molar-refractivity contribution in [2.45, 2.75) is 19.4 Å². The SMILES string of the molecule is CCCOc1ccc(/C(O)=C2\C(=O)C(=O)N(c3ccc(F)c(F)c3)C2c2cccnc2)cc1. The van der Waals surface area contributed by atoms with Gasteiger partial charge in [-0.2, -0.15) is 0 Å². The van der Waals surface area contributed by atoms with Crippen LogP contribution in [0.25, 0.3) is 5.76 Å². The van der Waals surface area contributed by atoms with Crippen LogP contribution in [0.5, 0.6) is 5.75 Å². The van der Waals surface area contributed by atoms with Gasteiger partial charge >= 0.3 is 0 Å². The van der Waals surface area contributed by atoms with E-state index in [2.05, 4.69) is 4.98 Å². The van der Waals surface area contributed by atoms with Gasteiger partial charge in [-0.3, -0.25) is 19.5 Å². The Morgan fingerprint density at radius 2 is 1.85 bits per heavy atom. The Labute approximate surface area is 188 Å². The number of nitrogens with zero attached hydrogens (tertiary/aromatic N) is 2. The van der Waals surface area contributed by atoms with Crippen LogP contribution < -0.4 is 9.64 Å². The molecular weight excluding hydrogens is 430 g/mol. The Kier molecular flexibility index (Phi) is 6.17. The van der Waals surface area contributed by atoms with E-state index in [-0.39, 0.29) is 11.3 Å². The van der Waals surface area contributed by atoms with E-state index in [9.17, 15) is 23.5 Å². The summed E-state index contributed by atoms with van der Waals surface area (Å²) < 4.78 is 33.0. The van der Waals surface area contributed by atoms with Gasteiger partial charge in [0.25, 0.3) is 11.7 Å². The van der Waals surface area contributed by atoms with Gasteiger partial charge in [-0.25, -0.2) is 8.78 Å². The number of carbonyl (C=O) groups is 2. The van der Waals surface area contributed by atoms with E-state index >= 15 is 0 Å². The van der Waals surface area contributed by atoms with Gasteiger partial charge < -0.3 is 9.84 Å². The number of hydrogen-bond donors (Lipinski definition) is 1. The zero-order valence-electron chi connectivity index (χ0n) is 17.7. The summed E-state index contributed by atoms with van der Waals surface area (Å²) in [5, 5.41) is 11.1. The number of carbonyl (C=O) groups excluding carboxylic acids is 2. The molecule has 1 aliphatic rings. The summed E-state index contributed by atoms with van der Waals surface area (Å²) in [5.41, 5.74) is 0.522. The molecule has 3 aromatic rings. The maximum Gasteiger partial charge on any atom is 0.300 e. The molecule has 1 N–H and O–H groups in total. The number of aliphatic hydroxyl groups excluding tert-OH is 1. The molecule has 0 saturated carbocycles. The van der Waals surface area contributed by atoms with Gasteiger partial charge in [0.2, 0.25) is 0 Å². The number of rotatable bonds is 6. The number of Topliss-reactive ketones (excluding diaryl/α,β-unsaturated/α-hetero) is 1. The molecule has 0 bridgehead atoms. The number of aromatic nitrogens is 1. The Bertz CT molecular complexity index is 1230. The fourth-order valence-electron chi connectivity index (χ4n) is 3.67. The van der Waals surface area contributed by atoms with E-state index in [1.165, 1.54) is 18.5 Å². The van der Waals surface area contributed by atoms with Crippen LogP contribution in [-0.4, -0.2) is 28.4 Å². The monoisotopic (exact) mass is 450 g/mol. The maximum absolute atomic E-state index is 13.9. The highest BCUT2D eigenvalue weighted by Crippen LogP contribution is 2.42. The molecule has 0 radical (unpaired) electrons. The molecule has 0 aliphatic carbocycles. The number of ether oxygens (including phenoxy) is 1. The number of aliphatic hydroxyl groups is 1. The maximum atomic E-state index is 13.9. The summed E-state index contributed by atoms with van der Waals surface area (Å²) in [4.78, 5) is 31.1. The molecule has 1 unspecified atom stereocenters. The molecule has 2 heterocycles. The molecule has 1 aromatic heterocycles. The number of benzene rings is 2. The van der Waals surface area contributed by atoms with Gasteiger partial charge in [0.05, 0.1) is 18.2 Å². The normalized spacial score (nSPS) is 17.4. The summed E-state index contributed by atoms with van der Waals surface area (Å²) in [6.45, 7) is 2.51. The third-order valence-corrected chi connectivity index (χ3v) is 5.23. The minimum Gasteiger partial charge on any atom is -0.507 e. The van der Waals surface area contributed by atoms with Crippen LogP contribution in [0.15, 0.2) is 72.6 Å². The number of ketones is 1. The third kappa shape index (κ3) is 4.19. The van der Waals surface area contributed by atoms with Gasteiger partial charge in [0.1, 0.15) is 11.5 Å². The van der Waals surface area contributed by atoms with E-state index < -0.39 is 35.1 Å². The van der Waals surface area contributed by atoms with Crippen molar-refractivity contribution in [3.63, 3.8) is 0 Å². The van der Waals surface area contributed by atoms with Gasteiger partial charge in [-0.15, -0.1) is 0 Å². The average Bonchev–Trinajstić information content (AvgIpc) is 3.10. The van der Waals surface area contributed by atoms with Gasteiger partial charge in [0.15, 0.2) is 11.6 Å². The standard InChI is InChI=1S/C25H20F2N2O4/c1-2-12-33-18-8-5-15(6-9-18)23(30)21-22(16-4-3-11-28-14-16)29(25(32)24(21)31)17-7-10-19(26)20(27)13-17/h3-11,13-14,22,30H,2,12H2,1H3/b23-21+. The second-order valence-corrected chi connectivity index (χ2v) is 7.43. The van der Waals surface area contributed by atoms with Crippen molar-refractivity contribution in [1.82, 2.24) is 4.98 Å². The fourth-order valence-corrected chi connectivity index (χ4v) is 3.67. The number of hydrogen-bond acceptors (Lipinski definition) is 5. The molecule has 0 spiro atoms. The highest BCUT2D eigenvalue weighted by molar-refractivity contribution is 6.51. The molecule has 6 nitrogen and oxygen atoms in total. The van der Waals surface area contributed by atoms with Crippen LogP contribution in [0.2, 0.25) is 0 Å². The molecule has 1 saturated heterocycles. The molecule has 1 atom stereocenters. The summed E-state index contributed by atoms with van der Waals surface area (Å²) in [6.07, 6.45) is 3.79. The molecule has 33 heavy (non-hydrogen) atoms. The Hall–Kier alpha value is -4.07. The van der Waals surface area contributed by atoms with Crippen molar-refractivity contribution in [3.8, 4) is 5.75 Å². The average molecular weight is 450 g/mol. The molecule has 2 aromatic carbocycles. The zero-order valence-corrected chi connectivity index (χ0v) is 17.7. The van der Waals surface area contributed by atoms with Crippen molar-refractivity contribution in [3.05, 3.63) is 95.3 Å². The Morgan fingerprint density at radius 1 is 1.09 bits per heavy atom. The molecular formula is C25H20F2N2O4. The quantitative estimate of drug-likeness (QED) is 0.332. The lowest BCUT2D eigenvalue weighted by atomic mass is 9.96. The van der Waals surface area contributed by atoms with Crippen LogP contribution in [0.3, 0.4) is 0 Å². The van der Waals surface area contributed by atoms with Gasteiger partial charge in [-0.05, 0) is 54.4 Å². The minimum absolute atomic E-state index is 0.0211. The van der Waals surface area contributed by atoms with Crippen LogP contribution in [-0.2, 0) is 9.59 Å². The second-order valence-electron chi connectivity index (χ2n) is 7.43. The largest absolute Gasteiger partial charge is 0.507 e. The number of anilines is 1. The first kappa shape index (κ1) is 22.1.